The monoisotopic (exact) mass is 420 g/mol. The third kappa shape index (κ3) is 5.22. The molecule has 0 radical (unpaired) electrons. The third-order valence-electron chi connectivity index (χ3n) is 2.88. The van der Waals surface area contributed by atoms with E-state index in [1.54, 1.807) is 45.0 Å². The van der Waals surface area contributed by atoms with Crippen LogP contribution in [0.25, 0.3) is 0 Å². The van der Waals surface area contributed by atoms with E-state index in [1.807, 2.05) is 0 Å². The van der Waals surface area contributed by atoms with Gasteiger partial charge in [0.1, 0.15) is 6.61 Å². The highest BCUT2D eigenvalue weighted by Crippen LogP contribution is 2.34. The topological polar surface area (TPSA) is 64.4 Å². The van der Waals surface area contributed by atoms with E-state index in [4.69, 9.17) is 9.15 Å². The molecular weight excluding hydrogens is 405 g/mol. The van der Waals surface area contributed by atoms with Crippen LogP contribution in [0.4, 0.5) is 19.2 Å². The van der Waals surface area contributed by atoms with Gasteiger partial charge in [-0.2, -0.15) is 18.2 Å². The molecule has 9 heteroatoms. The fraction of sp³-hybridized carbons (Fsp3) is 0.375. The standard InChI is InChI=1S/C16H16BrF3N2O3/c1-15(2,3)22-14-21-12(16(18,19)20)11(25-14)13(23)24-8-9-6-4-5-7-10(9)17/h4-7H,8H2,1-3H3,(H,21,22). The van der Waals surface area contributed by atoms with E-state index >= 15 is 0 Å². The molecule has 0 saturated carbocycles. The molecule has 1 heterocycles. The van der Waals surface area contributed by atoms with Gasteiger partial charge in [0.2, 0.25) is 5.76 Å². The zero-order valence-corrected chi connectivity index (χ0v) is 15.3. The van der Waals surface area contributed by atoms with E-state index in [0.29, 0.717) is 10.0 Å². The van der Waals surface area contributed by atoms with E-state index < -0.39 is 35.2 Å². The Labute approximate surface area is 150 Å². The lowest BCUT2D eigenvalue weighted by atomic mass is 10.1. The van der Waals surface area contributed by atoms with Gasteiger partial charge in [-0.15, -0.1) is 0 Å². The Morgan fingerprint density at radius 3 is 2.48 bits per heavy atom. The SMILES string of the molecule is CC(C)(C)Nc1nc(C(F)(F)F)c(C(=O)OCc2ccccc2Br)o1. The van der Waals surface area contributed by atoms with Gasteiger partial charge in [-0.3, -0.25) is 0 Å². The summed E-state index contributed by atoms with van der Waals surface area (Å²) in [6, 6.07) is 6.49. The van der Waals surface area contributed by atoms with Gasteiger partial charge >= 0.3 is 12.1 Å². The molecule has 5 nitrogen and oxygen atoms in total. The van der Waals surface area contributed by atoms with Crippen LogP contribution in [-0.2, 0) is 17.5 Å². The maximum Gasteiger partial charge on any atom is 0.437 e. The summed E-state index contributed by atoms with van der Waals surface area (Å²) in [6.45, 7) is 4.94. The average Bonchev–Trinajstić information content (AvgIpc) is 2.88. The molecule has 0 bridgehead atoms. The van der Waals surface area contributed by atoms with Crippen LogP contribution in [0.15, 0.2) is 33.2 Å². The molecule has 0 aliphatic heterocycles. The van der Waals surface area contributed by atoms with Gasteiger partial charge in [0.15, 0.2) is 5.69 Å². The molecule has 0 unspecified atom stereocenters. The molecule has 1 aromatic carbocycles. The van der Waals surface area contributed by atoms with E-state index in [2.05, 4.69) is 26.2 Å². The molecule has 0 amide bonds. The number of nitrogens with one attached hydrogen (secondary N) is 1. The summed E-state index contributed by atoms with van der Waals surface area (Å²) in [5.74, 6) is -2.22. The van der Waals surface area contributed by atoms with Crippen molar-refractivity contribution >= 4 is 27.9 Å². The summed E-state index contributed by atoms with van der Waals surface area (Å²) >= 11 is 3.27. The van der Waals surface area contributed by atoms with Gasteiger partial charge in [-0.05, 0) is 26.8 Å². The summed E-state index contributed by atoms with van der Waals surface area (Å²) in [4.78, 5) is 15.4. The maximum atomic E-state index is 13.1. The van der Waals surface area contributed by atoms with E-state index in [1.165, 1.54) is 0 Å². The van der Waals surface area contributed by atoms with Crippen LogP contribution < -0.4 is 5.32 Å². The van der Waals surface area contributed by atoms with Gasteiger partial charge in [-0.1, -0.05) is 34.1 Å². The minimum Gasteiger partial charge on any atom is -0.455 e. The number of esters is 1. The predicted molar refractivity (Wildman–Crippen MR) is 88.1 cm³/mol. The highest BCUT2D eigenvalue weighted by atomic mass is 79.9. The number of nitrogens with zero attached hydrogens (tertiary/aromatic N) is 1. The second-order valence-electron chi connectivity index (χ2n) is 6.24. The third-order valence-corrected chi connectivity index (χ3v) is 3.65. The molecule has 0 saturated heterocycles. The van der Waals surface area contributed by atoms with Crippen LogP contribution in [-0.4, -0.2) is 16.5 Å². The maximum absolute atomic E-state index is 13.1. The molecule has 2 aromatic rings. The Balaban J connectivity index is 2.24. The Bertz CT molecular complexity index is 767. The molecule has 1 aromatic heterocycles. The van der Waals surface area contributed by atoms with Crippen molar-refractivity contribution in [1.82, 2.24) is 4.98 Å². The number of carbonyl (C=O) groups is 1. The molecule has 0 aliphatic rings. The lowest BCUT2D eigenvalue weighted by Gasteiger charge is -2.18. The number of hydrogen-bond acceptors (Lipinski definition) is 5. The van der Waals surface area contributed by atoms with Gasteiger partial charge in [-0.25, -0.2) is 4.79 Å². The van der Waals surface area contributed by atoms with Crippen LogP contribution in [0, 0.1) is 0 Å². The molecule has 2 rings (SSSR count). The van der Waals surface area contributed by atoms with Crippen LogP contribution in [0.5, 0.6) is 0 Å². The lowest BCUT2D eigenvalue weighted by Crippen LogP contribution is -2.26. The first-order chi connectivity index (χ1) is 11.5. The summed E-state index contributed by atoms with van der Waals surface area (Å²) in [5, 5.41) is 2.66. The van der Waals surface area contributed by atoms with E-state index in [-0.39, 0.29) is 6.61 Å². The van der Waals surface area contributed by atoms with Crippen molar-refractivity contribution in [3.05, 3.63) is 45.8 Å². The molecule has 0 spiro atoms. The number of benzene rings is 1. The van der Waals surface area contributed by atoms with Crippen molar-refractivity contribution < 1.29 is 27.1 Å². The molecule has 0 fully saturated rings. The minimum absolute atomic E-state index is 0.208. The number of hydrogen-bond donors (Lipinski definition) is 1. The van der Waals surface area contributed by atoms with Crippen molar-refractivity contribution in [2.45, 2.75) is 39.1 Å². The van der Waals surface area contributed by atoms with Crippen molar-refractivity contribution in [2.24, 2.45) is 0 Å². The number of rotatable bonds is 4. The van der Waals surface area contributed by atoms with Gasteiger partial charge in [0.25, 0.3) is 6.01 Å². The van der Waals surface area contributed by atoms with Crippen LogP contribution in [0.1, 0.15) is 42.6 Å². The first kappa shape index (κ1) is 19.3. The highest BCUT2D eigenvalue weighted by molar-refractivity contribution is 9.10. The first-order valence-electron chi connectivity index (χ1n) is 7.24. The molecule has 1 N–H and O–H groups in total. The van der Waals surface area contributed by atoms with Gasteiger partial charge < -0.3 is 14.5 Å². The number of halogens is 4. The average molecular weight is 421 g/mol. The fourth-order valence-electron chi connectivity index (χ4n) is 1.85. The number of aromatic nitrogens is 1. The van der Waals surface area contributed by atoms with Crippen molar-refractivity contribution in [3.8, 4) is 0 Å². The fourth-order valence-corrected chi connectivity index (χ4v) is 2.25. The zero-order chi connectivity index (χ0) is 18.8. The predicted octanol–water partition coefficient (Wildman–Crippen LogP) is 5.02. The summed E-state index contributed by atoms with van der Waals surface area (Å²) < 4.78 is 49.9. The van der Waals surface area contributed by atoms with Crippen molar-refractivity contribution in [2.75, 3.05) is 5.32 Å². The lowest BCUT2D eigenvalue weighted by molar-refractivity contribution is -0.141. The van der Waals surface area contributed by atoms with E-state index in [0.717, 1.165) is 0 Å². The summed E-state index contributed by atoms with van der Waals surface area (Å²) in [5.41, 5.74) is -1.41. The molecule has 0 aliphatic carbocycles. The number of ether oxygens (including phenoxy) is 1. The molecule has 136 valence electrons. The highest BCUT2D eigenvalue weighted by Gasteiger charge is 2.42. The van der Waals surface area contributed by atoms with Crippen molar-refractivity contribution in [1.29, 1.82) is 0 Å². The Kier molecular flexibility index (Phi) is 5.46. The molecular formula is C16H16BrF3N2O3. The Morgan fingerprint density at radius 2 is 1.92 bits per heavy atom. The van der Waals surface area contributed by atoms with Crippen molar-refractivity contribution in [3.63, 3.8) is 0 Å². The number of anilines is 1. The smallest absolute Gasteiger partial charge is 0.437 e. The number of oxazole rings is 1. The number of alkyl halides is 3. The summed E-state index contributed by atoms with van der Waals surface area (Å²) in [6.07, 6.45) is -4.84. The molecule has 0 atom stereocenters. The van der Waals surface area contributed by atoms with E-state index in [9.17, 15) is 18.0 Å². The summed E-state index contributed by atoms with van der Waals surface area (Å²) in [7, 11) is 0. The normalized spacial score (nSPS) is 12.1. The zero-order valence-electron chi connectivity index (χ0n) is 13.7. The minimum atomic E-state index is -4.84. The van der Waals surface area contributed by atoms with Gasteiger partial charge in [0.05, 0.1) is 0 Å². The quantitative estimate of drug-likeness (QED) is 0.703. The van der Waals surface area contributed by atoms with Gasteiger partial charge in [0, 0.05) is 15.6 Å². The van der Waals surface area contributed by atoms with Crippen LogP contribution >= 0.6 is 15.9 Å². The van der Waals surface area contributed by atoms with Crippen LogP contribution in [0.3, 0.4) is 0 Å². The largest absolute Gasteiger partial charge is 0.455 e. The number of carbonyl (C=O) groups excluding carboxylic acids is 1. The first-order valence-corrected chi connectivity index (χ1v) is 8.03. The Hall–Kier alpha value is -2.03. The second kappa shape index (κ2) is 7.07. The van der Waals surface area contributed by atoms with Crippen LogP contribution in [0.2, 0.25) is 0 Å². The Morgan fingerprint density at radius 1 is 1.28 bits per heavy atom. The molecule has 25 heavy (non-hydrogen) atoms. The second-order valence-corrected chi connectivity index (χ2v) is 7.09.